The van der Waals surface area contributed by atoms with Crippen LogP contribution >= 0.6 is 11.8 Å². The number of hydrogen-bond acceptors (Lipinski definition) is 3. The summed E-state index contributed by atoms with van der Waals surface area (Å²) in [4.78, 5) is 6.32. The number of aromatic nitrogens is 2. The van der Waals surface area contributed by atoms with Gasteiger partial charge in [-0.25, -0.2) is 4.98 Å². The van der Waals surface area contributed by atoms with Crippen LogP contribution in [0.25, 0.3) is 33.2 Å². The molecule has 5 rings (SSSR count). The Morgan fingerprint density at radius 2 is 1.75 bits per heavy atom. The van der Waals surface area contributed by atoms with Crippen LogP contribution in [0.3, 0.4) is 0 Å². The minimum atomic E-state index is 0.760. The van der Waals surface area contributed by atoms with E-state index in [1.54, 1.807) is 7.11 Å². The fourth-order valence-corrected chi connectivity index (χ4v) is 4.87. The zero-order chi connectivity index (χ0) is 21.9. The van der Waals surface area contributed by atoms with Gasteiger partial charge in [0, 0.05) is 17.0 Å². The highest BCUT2D eigenvalue weighted by Crippen LogP contribution is 2.31. The molecule has 0 saturated carbocycles. The van der Waals surface area contributed by atoms with Crippen LogP contribution in [0.4, 0.5) is 0 Å². The first-order chi connectivity index (χ1) is 15.7. The smallest absolute Gasteiger partial charge is 0.141 e. The SMILES string of the molecule is CCCSc1ccc2nc(-c3cccc(OC)c3)n(Cc3ccc4ccccc4c3)c2c1. The molecule has 0 amide bonds. The Balaban J connectivity index is 1.65. The Bertz CT molecular complexity index is 1390. The van der Waals surface area contributed by atoms with Crippen molar-refractivity contribution in [3.05, 3.63) is 90.5 Å². The Morgan fingerprint density at radius 1 is 0.875 bits per heavy atom. The highest BCUT2D eigenvalue weighted by molar-refractivity contribution is 7.99. The summed E-state index contributed by atoms with van der Waals surface area (Å²) in [5.74, 6) is 2.92. The van der Waals surface area contributed by atoms with Crippen molar-refractivity contribution in [2.75, 3.05) is 12.9 Å². The van der Waals surface area contributed by atoms with E-state index >= 15 is 0 Å². The number of ether oxygens (including phenoxy) is 1. The maximum absolute atomic E-state index is 5.48. The van der Waals surface area contributed by atoms with Crippen LogP contribution in [-0.2, 0) is 6.54 Å². The van der Waals surface area contributed by atoms with Crippen molar-refractivity contribution < 1.29 is 4.74 Å². The van der Waals surface area contributed by atoms with Crippen LogP contribution in [0.15, 0.2) is 89.8 Å². The van der Waals surface area contributed by atoms with Gasteiger partial charge in [-0.1, -0.05) is 55.5 Å². The van der Waals surface area contributed by atoms with E-state index in [-0.39, 0.29) is 0 Å². The largest absolute Gasteiger partial charge is 0.497 e. The minimum Gasteiger partial charge on any atom is -0.497 e. The molecule has 4 heteroatoms. The van der Waals surface area contributed by atoms with Crippen molar-refractivity contribution in [3.8, 4) is 17.1 Å². The standard InChI is InChI=1S/C28H26N2OS/c1-3-15-32-25-13-14-26-27(18-25)30(28(29-26)23-9-6-10-24(17-23)31-2)19-20-11-12-21-7-4-5-8-22(21)16-20/h4-14,16-18H,3,15,19H2,1-2H3. The van der Waals surface area contributed by atoms with E-state index in [9.17, 15) is 0 Å². The lowest BCUT2D eigenvalue weighted by molar-refractivity contribution is 0.415. The van der Waals surface area contributed by atoms with Crippen LogP contribution in [0.1, 0.15) is 18.9 Å². The highest BCUT2D eigenvalue weighted by Gasteiger charge is 2.15. The number of benzene rings is 4. The van der Waals surface area contributed by atoms with Crippen LogP contribution in [0, 0.1) is 0 Å². The predicted octanol–water partition coefficient (Wildman–Crippen LogP) is 7.42. The fraction of sp³-hybridized carbons (Fsp3) is 0.179. The summed E-state index contributed by atoms with van der Waals surface area (Å²) in [7, 11) is 1.70. The Kier molecular flexibility index (Phi) is 5.87. The second-order valence-electron chi connectivity index (χ2n) is 7.93. The van der Waals surface area contributed by atoms with Gasteiger partial charge in [0.2, 0.25) is 0 Å². The average Bonchev–Trinajstić information content (AvgIpc) is 3.20. The van der Waals surface area contributed by atoms with Crippen molar-refractivity contribution in [1.82, 2.24) is 9.55 Å². The third-order valence-electron chi connectivity index (χ3n) is 5.68. The first-order valence-corrected chi connectivity index (χ1v) is 12.0. The molecule has 0 bridgehead atoms. The highest BCUT2D eigenvalue weighted by atomic mass is 32.2. The topological polar surface area (TPSA) is 27.1 Å². The van der Waals surface area contributed by atoms with Gasteiger partial charge < -0.3 is 9.30 Å². The van der Waals surface area contributed by atoms with E-state index in [4.69, 9.17) is 9.72 Å². The maximum atomic E-state index is 5.48. The molecule has 0 atom stereocenters. The molecule has 3 nitrogen and oxygen atoms in total. The molecule has 0 radical (unpaired) electrons. The average molecular weight is 439 g/mol. The molecule has 0 fully saturated rings. The molecule has 32 heavy (non-hydrogen) atoms. The lowest BCUT2D eigenvalue weighted by Crippen LogP contribution is -2.02. The first kappa shape index (κ1) is 20.7. The lowest BCUT2D eigenvalue weighted by Gasteiger charge is -2.12. The van der Waals surface area contributed by atoms with Gasteiger partial charge in [0.25, 0.3) is 0 Å². The molecule has 160 valence electrons. The molecule has 4 aromatic carbocycles. The zero-order valence-electron chi connectivity index (χ0n) is 18.4. The summed E-state index contributed by atoms with van der Waals surface area (Å²) in [5.41, 5.74) is 4.50. The van der Waals surface area contributed by atoms with E-state index in [0.717, 1.165) is 46.9 Å². The molecule has 0 unspecified atom stereocenters. The van der Waals surface area contributed by atoms with Crippen LogP contribution in [0.5, 0.6) is 5.75 Å². The van der Waals surface area contributed by atoms with E-state index < -0.39 is 0 Å². The first-order valence-electron chi connectivity index (χ1n) is 11.0. The summed E-state index contributed by atoms with van der Waals surface area (Å²) in [6.45, 7) is 2.98. The van der Waals surface area contributed by atoms with Crippen LogP contribution < -0.4 is 4.74 Å². The van der Waals surface area contributed by atoms with E-state index in [1.807, 2.05) is 23.9 Å². The molecular formula is C28H26N2OS. The summed E-state index contributed by atoms with van der Waals surface area (Å²) in [6, 6.07) is 30.0. The number of rotatable bonds is 7. The number of methoxy groups -OCH3 is 1. The fourth-order valence-electron chi connectivity index (χ4n) is 4.07. The molecular weight excluding hydrogens is 412 g/mol. The van der Waals surface area contributed by atoms with Crippen molar-refractivity contribution in [3.63, 3.8) is 0 Å². The lowest BCUT2D eigenvalue weighted by atomic mass is 10.1. The molecule has 0 aliphatic rings. The van der Waals surface area contributed by atoms with Gasteiger partial charge in [0.1, 0.15) is 11.6 Å². The zero-order valence-corrected chi connectivity index (χ0v) is 19.2. The number of hydrogen-bond donors (Lipinski definition) is 0. The van der Waals surface area contributed by atoms with Crippen molar-refractivity contribution in [2.45, 2.75) is 24.8 Å². The molecule has 0 spiro atoms. The Morgan fingerprint density at radius 3 is 2.59 bits per heavy atom. The summed E-state index contributed by atoms with van der Waals surface area (Å²) < 4.78 is 7.82. The van der Waals surface area contributed by atoms with Gasteiger partial charge in [-0.2, -0.15) is 0 Å². The third kappa shape index (κ3) is 4.11. The monoisotopic (exact) mass is 438 g/mol. The normalized spacial score (nSPS) is 11.3. The second kappa shape index (κ2) is 9.09. The minimum absolute atomic E-state index is 0.760. The number of thioether (sulfide) groups is 1. The van der Waals surface area contributed by atoms with E-state index in [2.05, 4.69) is 84.3 Å². The summed E-state index contributed by atoms with van der Waals surface area (Å²) in [6.07, 6.45) is 1.16. The molecule has 5 aromatic rings. The third-order valence-corrected chi connectivity index (χ3v) is 6.87. The molecule has 0 aliphatic heterocycles. The maximum Gasteiger partial charge on any atom is 0.141 e. The van der Waals surface area contributed by atoms with E-state index in [1.165, 1.54) is 21.2 Å². The number of imidazole rings is 1. The second-order valence-corrected chi connectivity index (χ2v) is 9.10. The molecule has 0 saturated heterocycles. The summed E-state index contributed by atoms with van der Waals surface area (Å²) >= 11 is 1.90. The van der Waals surface area contributed by atoms with Crippen molar-refractivity contribution >= 4 is 33.6 Å². The molecule has 1 aromatic heterocycles. The number of nitrogens with zero attached hydrogens (tertiary/aromatic N) is 2. The van der Waals surface area contributed by atoms with Gasteiger partial charge in [0.05, 0.1) is 18.1 Å². The van der Waals surface area contributed by atoms with Crippen LogP contribution in [-0.4, -0.2) is 22.4 Å². The van der Waals surface area contributed by atoms with Gasteiger partial charge in [-0.15, -0.1) is 11.8 Å². The Hall–Kier alpha value is -3.24. The summed E-state index contributed by atoms with van der Waals surface area (Å²) in [5, 5.41) is 2.52. The molecule has 0 N–H and O–H groups in total. The van der Waals surface area contributed by atoms with Gasteiger partial charge in [0.15, 0.2) is 0 Å². The van der Waals surface area contributed by atoms with E-state index in [0.29, 0.717) is 0 Å². The van der Waals surface area contributed by atoms with Gasteiger partial charge >= 0.3 is 0 Å². The molecule has 0 aliphatic carbocycles. The number of fused-ring (bicyclic) bond motifs is 2. The van der Waals surface area contributed by atoms with Crippen molar-refractivity contribution in [2.24, 2.45) is 0 Å². The van der Waals surface area contributed by atoms with Gasteiger partial charge in [-0.3, -0.25) is 0 Å². The molecule has 1 heterocycles. The van der Waals surface area contributed by atoms with Crippen molar-refractivity contribution in [1.29, 1.82) is 0 Å². The van der Waals surface area contributed by atoms with Crippen LogP contribution in [0.2, 0.25) is 0 Å². The quantitative estimate of drug-likeness (QED) is 0.247. The Labute approximate surface area is 193 Å². The predicted molar refractivity (Wildman–Crippen MR) is 136 cm³/mol. The van der Waals surface area contributed by atoms with Gasteiger partial charge in [-0.05, 0) is 64.9 Å².